The first-order chi connectivity index (χ1) is 22.2. The summed E-state index contributed by atoms with van der Waals surface area (Å²) in [6.07, 6.45) is 18.3. The van der Waals surface area contributed by atoms with E-state index in [-0.39, 0.29) is 23.5 Å². The Hall–Kier alpha value is -4.28. The monoisotopic (exact) mass is 668 g/mol. The van der Waals surface area contributed by atoms with Crippen molar-refractivity contribution in [3.05, 3.63) is 108 Å². The van der Waals surface area contributed by atoms with Gasteiger partial charge in [0.25, 0.3) is 0 Å². The van der Waals surface area contributed by atoms with Crippen LogP contribution in [0.4, 0.5) is 0 Å². The van der Waals surface area contributed by atoms with E-state index in [1.54, 1.807) is 57.2 Å². The molecular formula is C36H44O8S2. The maximum Gasteiger partial charge on any atom is 0.330 e. The van der Waals surface area contributed by atoms with Gasteiger partial charge in [0.1, 0.15) is 24.7 Å². The molecule has 0 fully saturated rings. The average Bonchev–Trinajstić information content (AvgIpc) is 3.06. The molecule has 0 spiro atoms. The number of carbonyl (C=O) groups excluding carboxylic acids is 4. The molecular weight excluding hydrogens is 625 g/mol. The van der Waals surface area contributed by atoms with Crippen LogP contribution in [0.3, 0.4) is 0 Å². The van der Waals surface area contributed by atoms with E-state index in [4.69, 9.17) is 18.9 Å². The number of ketones is 1. The van der Waals surface area contributed by atoms with Crippen molar-refractivity contribution in [1.82, 2.24) is 0 Å². The van der Waals surface area contributed by atoms with Gasteiger partial charge in [-0.05, 0) is 86.7 Å². The van der Waals surface area contributed by atoms with E-state index >= 15 is 0 Å². The first-order valence-corrected chi connectivity index (χ1v) is 16.6. The van der Waals surface area contributed by atoms with Crippen molar-refractivity contribution in [1.29, 1.82) is 0 Å². The van der Waals surface area contributed by atoms with Crippen LogP contribution in [0.15, 0.2) is 97.1 Å². The number of ether oxygens (including phenoxy) is 4. The summed E-state index contributed by atoms with van der Waals surface area (Å²) in [6.45, 7) is 5.87. The SMILES string of the molecule is C/C=C\C(=O)SCCOC(=O)/C=C/c1ccc(OC)cc1.CC=CC=CC(C)=O.COc1ccc(/C=C/C(=O)OCCSC)cc1. The molecule has 8 nitrogen and oxygen atoms in total. The molecule has 0 aliphatic heterocycles. The molecule has 0 heterocycles. The Bertz CT molecular complexity index is 1310. The Morgan fingerprint density at radius 1 is 0.652 bits per heavy atom. The molecule has 0 saturated carbocycles. The van der Waals surface area contributed by atoms with Crippen LogP contribution >= 0.6 is 23.5 Å². The minimum atomic E-state index is -0.426. The normalized spacial score (nSPS) is 10.8. The summed E-state index contributed by atoms with van der Waals surface area (Å²) in [5, 5.41) is -0.0395. The Balaban J connectivity index is 0.000000725. The smallest absolute Gasteiger partial charge is 0.330 e. The summed E-state index contributed by atoms with van der Waals surface area (Å²) < 4.78 is 20.1. The van der Waals surface area contributed by atoms with Crippen molar-refractivity contribution in [2.45, 2.75) is 20.8 Å². The highest BCUT2D eigenvalue weighted by Crippen LogP contribution is 2.13. The lowest BCUT2D eigenvalue weighted by atomic mass is 10.2. The Labute approximate surface area is 281 Å². The number of hydrogen-bond donors (Lipinski definition) is 0. The number of methoxy groups -OCH3 is 2. The van der Waals surface area contributed by atoms with Crippen LogP contribution in [0, 0.1) is 0 Å². The van der Waals surface area contributed by atoms with Gasteiger partial charge in [-0.2, -0.15) is 11.8 Å². The Morgan fingerprint density at radius 2 is 1.13 bits per heavy atom. The van der Waals surface area contributed by atoms with Crippen molar-refractivity contribution in [2.75, 3.05) is 45.2 Å². The van der Waals surface area contributed by atoms with Gasteiger partial charge in [0.15, 0.2) is 5.78 Å². The van der Waals surface area contributed by atoms with Crippen LogP contribution in [0.5, 0.6) is 11.5 Å². The summed E-state index contributed by atoms with van der Waals surface area (Å²) in [5.41, 5.74) is 1.82. The predicted molar refractivity (Wildman–Crippen MR) is 191 cm³/mol. The van der Waals surface area contributed by atoms with Gasteiger partial charge in [-0.1, -0.05) is 60.3 Å². The van der Waals surface area contributed by atoms with Crippen molar-refractivity contribution < 1.29 is 38.1 Å². The Morgan fingerprint density at radius 3 is 1.52 bits per heavy atom. The van der Waals surface area contributed by atoms with Crippen LogP contribution in [0.2, 0.25) is 0 Å². The highest BCUT2D eigenvalue weighted by atomic mass is 32.2. The van der Waals surface area contributed by atoms with E-state index in [0.29, 0.717) is 12.4 Å². The van der Waals surface area contributed by atoms with Gasteiger partial charge in [-0.15, -0.1) is 0 Å². The summed E-state index contributed by atoms with van der Waals surface area (Å²) in [6, 6.07) is 14.8. The lowest BCUT2D eigenvalue weighted by molar-refractivity contribution is -0.137. The summed E-state index contributed by atoms with van der Waals surface area (Å²) >= 11 is 2.77. The molecule has 0 N–H and O–H groups in total. The maximum absolute atomic E-state index is 11.5. The molecule has 0 bridgehead atoms. The second-order valence-electron chi connectivity index (χ2n) is 8.70. The van der Waals surface area contributed by atoms with E-state index < -0.39 is 5.97 Å². The van der Waals surface area contributed by atoms with Crippen LogP contribution in [-0.4, -0.2) is 68.0 Å². The zero-order valence-corrected chi connectivity index (χ0v) is 28.9. The molecule has 10 heteroatoms. The highest BCUT2D eigenvalue weighted by molar-refractivity contribution is 8.14. The van der Waals surface area contributed by atoms with Gasteiger partial charge >= 0.3 is 11.9 Å². The molecule has 0 unspecified atom stereocenters. The molecule has 0 radical (unpaired) electrons. The first-order valence-electron chi connectivity index (χ1n) is 14.2. The van der Waals surface area contributed by atoms with E-state index in [2.05, 4.69) is 0 Å². The fraction of sp³-hybridized carbons (Fsp3) is 0.278. The van der Waals surface area contributed by atoms with E-state index in [1.165, 1.54) is 31.2 Å². The molecule has 2 rings (SSSR count). The van der Waals surface area contributed by atoms with Crippen LogP contribution < -0.4 is 9.47 Å². The summed E-state index contributed by atoms with van der Waals surface area (Å²) in [7, 11) is 3.22. The van der Waals surface area contributed by atoms with Gasteiger partial charge in [0.2, 0.25) is 5.12 Å². The van der Waals surface area contributed by atoms with Gasteiger partial charge in [-0.25, -0.2) is 9.59 Å². The molecule has 248 valence electrons. The largest absolute Gasteiger partial charge is 0.497 e. The zero-order chi connectivity index (χ0) is 34.4. The maximum atomic E-state index is 11.5. The molecule has 0 saturated heterocycles. The van der Waals surface area contributed by atoms with Crippen molar-refractivity contribution in [3.8, 4) is 11.5 Å². The number of rotatable bonds is 15. The lowest BCUT2D eigenvalue weighted by Gasteiger charge is -2.01. The van der Waals surface area contributed by atoms with Gasteiger partial charge < -0.3 is 18.9 Å². The molecule has 2 aromatic rings. The minimum absolute atomic E-state index is 0.0395. The fourth-order valence-corrected chi connectivity index (χ4v) is 3.70. The predicted octanol–water partition coefficient (Wildman–Crippen LogP) is 7.41. The van der Waals surface area contributed by atoms with Crippen molar-refractivity contribution >= 4 is 58.5 Å². The van der Waals surface area contributed by atoms with Crippen LogP contribution in [0.1, 0.15) is 31.9 Å². The number of thioether (sulfide) groups is 2. The van der Waals surface area contributed by atoms with Gasteiger partial charge in [-0.3, -0.25) is 9.59 Å². The first kappa shape index (κ1) is 41.7. The lowest BCUT2D eigenvalue weighted by Crippen LogP contribution is -2.05. The second-order valence-corrected chi connectivity index (χ2v) is 10.8. The fourth-order valence-electron chi connectivity index (χ4n) is 2.85. The number of hydrogen-bond acceptors (Lipinski definition) is 10. The third-order valence-electron chi connectivity index (χ3n) is 5.10. The van der Waals surface area contributed by atoms with Crippen molar-refractivity contribution in [2.24, 2.45) is 0 Å². The second kappa shape index (κ2) is 28.2. The number of esters is 2. The molecule has 0 atom stereocenters. The van der Waals surface area contributed by atoms with E-state index in [9.17, 15) is 19.2 Å². The molecule has 0 aliphatic carbocycles. The number of carbonyl (C=O) groups is 4. The third kappa shape index (κ3) is 24.1. The number of allylic oxidation sites excluding steroid dienone is 5. The number of benzene rings is 2. The molecule has 46 heavy (non-hydrogen) atoms. The zero-order valence-electron chi connectivity index (χ0n) is 27.3. The quantitative estimate of drug-likeness (QED) is 0.0825. The van der Waals surface area contributed by atoms with Crippen molar-refractivity contribution in [3.63, 3.8) is 0 Å². The van der Waals surface area contributed by atoms with Crippen LogP contribution in [-0.2, 0) is 28.7 Å². The standard InChI is InChI=1S/C16H18O4S.C13H16O3S.C7H10O/c1-3-4-16(18)21-12-11-20-15(17)10-7-13-5-8-14(19-2)9-6-13;1-15-12-6-3-11(4-7-12)5-8-13(14)16-9-10-17-2;1-3-4-5-6-7(2)8/h3-10H,11-12H2,1-2H3;3-8H,9-10H2,1-2H3;3-6H,1-2H3/b4-3-,10-7+;8-5+;. The van der Waals surface area contributed by atoms with E-state index in [0.717, 1.165) is 40.1 Å². The molecule has 2 aromatic carbocycles. The van der Waals surface area contributed by atoms with E-state index in [1.807, 2.05) is 73.9 Å². The minimum Gasteiger partial charge on any atom is -0.497 e. The highest BCUT2D eigenvalue weighted by Gasteiger charge is 2.01. The topological polar surface area (TPSA) is 105 Å². The Kier molecular flexibility index (Phi) is 25.6. The molecule has 0 aromatic heterocycles. The summed E-state index contributed by atoms with van der Waals surface area (Å²) in [4.78, 5) is 44.1. The molecule has 0 amide bonds. The molecule has 0 aliphatic rings. The third-order valence-corrected chi connectivity index (χ3v) is 6.46. The summed E-state index contributed by atoms with van der Waals surface area (Å²) in [5.74, 6) is 2.18. The van der Waals surface area contributed by atoms with Gasteiger partial charge in [0, 0.05) is 23.7 Å². The van der Waals surface area contributed by atoms with Crippen LogP contribution in [0.25, 0.3) is 12.2 Å². The van der Waals surface area contributed by atoms with Gasteiger partial charge in [0.05, 0.1) is 14.2 Å². The average molecular weight is 669 g/mol.